The summed E-state index contributed by atoms with van der Waals surface area (Å²) in [7, 11) is 1.38. The quantitative estimate of drug-likeness (QED) is 0.206. The average molecular weight is 641 g/mol. The Labute approximate surface area is 270 Å². The third-order valence-electron chi connectivity index (χ3n) is 8.64. The van der Waals surface area contributed by atoms with E-state index in [9.17, 15) is 19.5 Å². The number of piperidine rings is 1. The molecule has 1 aliphatic rings. The Morgan fingerprint density at radius 3 is 2.64 bits per heavy atom. The lowest BCUT2D eigenvalue weighted by Gasteiger charge is -2.37. The molecule has 0 radical (unpaired) electrons. The first-order valence-electron chi connectivity index (χ1n) is 15.2. The number of aryl methyl sites for hydroxylation is 1. The molecule has 2 N–H and O–H groups in total. The second kappa shape index (κ2) is 13.1. The normalized spacial score (nSPS) is 16.3. The Kier molecular flexibility index (Phi) is 9.19. The lowest BCUT2D eigenvalue weighted by atomic mass is 9.81. The van der Waals surface area contributed by atoms with E-state index in [1.165, 1.54) is 34.7 Å². The first-order valence-corrected chi connectivity index (χ1v) is 15.2. The zero-order valence-corrected chi connectivity index (χ0v) is 26.5. The van der Waals surface area contributed by atoms with Crippen molar-refractivity contribution < 1.29 is 23.5 Å². The second-order valence-electron chi connectivity index (χ2n) is 11.8. The number of pyridine rings is 3. The van der Waals surface area contributed by atoms with Crippen LogP contribution >= 0.6 is 0 Å². The summed E-state index contributed by atoms with van der Waals surface area (Å²) >= 11 is 0. The summed E-state index contributed by atoms with van der Waals surface area (Å²) in [4.78, 5) is 55.2. The van der Waals surface area contributed by atoms with Crippen LogP contribution in [0.15, 0.2) is 54.0 Å². The van der Waals surface area contributed by atoms with Gasteiger partial charge in [0.2, 0.25) is 12.5 Å². The Bertz CT molecular complexity index is 2010. The predicted molar refractivity (Wildman–Crippen MR) is 174 cm³/mol. The van der Waals surface area contributed by atoms with Crippen LogP contribution in [0.25, 0.3) is 32.8 Å². The highest BCUT2D eigenvalue weighted by Gasteiger charge is 2.38. The van der Waals surface area contributed by atoms with Crippen LogP contribution in [0.1, 0.15) is 65.7 Å². The molecule has 1 aliphatic heterocycles. The van der Waals surface area contributed by atoms with Gasteiger partial charge in [-0.3, -0.25) is 23.9 Å². The van der Waals surface area contributed by atoms with Crippen LogP contribution in [0.3, 0.4) is 0 Å². The van der Waals surface area contributed by atoms with Gasteiger partial charge >= 0.3 is 0 Å². The maximum Gasteiger partial charge on any atom is 0.270 e. The van der Waals surface area contributed by atoms with Crippen LogP contribution in [0, 0.1) is 25.1 Å². The largest absolute Gasteiger partial charge is 0.507 e. The molecule has 0 spiro atoms. The molecule has 0 bridgehead atoms. The molecule has 4 heterocycles. The molecule has 12 heteroatoms. The SMILES string of the molecule is [C-]#[N+]C[C@H]1CC(c2c(C(=O)NC)c(=O)n(-c3c(C)ccnc3C(C)C)c3nc(-c4c(O)cccc4F)c(F)cc23)CCN1C(=O)C=C. The lowest BCUT2D eigenvalue weighted by Crippen LogP contribution is -2.47. The van der Waals surface area contributed by atoms with Gasteiger partial charge in [-0.1, -0.05) is 26.5 Å². The molecule has 242 valence electrons. The van der Waals surface area contributed by atoms with Gasteiger partial charge in [0.15, 0.2) is 5.82 Å². The number of halogens is 2. The van der Waals surface area contributed by atoms with Gasteiger partial charge in [0, 0.05) is 25.2 Å². The highest BCUT2D eigenvalue weighted by molar-refractivity contribution is 6.01. The number of aromatic nitrogens is 3. The smallest absolute Gasteiger partial charge is 0.270 e. The molecule has 4 aromatic rings. The molecule has 2 atom stereocenters. The number of likely N-dealkylation sites (tertiary alicyclic amines) is 1. The highest BCUT2D eigenvalue weighted by Crippen LogP contribution is 2.40. The predicted octanol–water partition coefficient (Wildman–Crippen LogP) is 5.40. The van der Waals surface area contributed by atoms with E-state index in [0.29, 0.717) is 16.9 Å². The lowest BCUT2D eigenvalue weighted by molar-refractivity contribution is -0.129. The van der Waals surface area contributed by atoms with Crippen molar-refractivity contribution in [2.24, 2.45) is 0 Å². The van der Waals surface area contributed by atoms with Crippen LogP contribution < -0.4 is 10.9 Å². The van der Waals surface area contributed by atoms with E-state index in [0.717, 1.165) is 12.1 Å². The van der Waals surface area contributed by atoms with Gasteiger partial charge in [-0.05, 0) is 73.1 Å². The number of fused-ring (bicyclic) bond motifs is 1. The van der Waals surface area contributed by atoms with E-state index in [1.54, 1.807) is 19.2 Å². The summed E-state index contributed by atoms with van der Waals surface area (Å²) in [6.45, 7) is 16.8. The molecule has 1 aromatic carbocycles. The summed E-state index contributed by atoms with van der Waals surface area (Å²) < 4.78 is 32.6. The number of phenols is 1. The summed E-state index contributed by atoms with van der Waals surface area (Å²) in [6.07, 6.45) is 3.26. The summed E-state index contributed by atoms with van der Waals surface area (Å²) in [5.74, 6) is -4.28. The monoisotopic (exact) mass is 640 g/mol. The summed E-state index contributed by atoms with van der Waals surface area (Å²) in [5, 5.41) is 13.2. The van der Waals surface area contributed by atoms with E-state index >= 15 is 8.78 Å². The molecule has 47 heavy (non-hydrogen) atoms. The van der Waals surface area contributed by atoms with Crippen molar-refractivity contribution in [3.05, 3.63) is 105 Å². The van der Waals surface area contributed by atoms with Gasteiger partial charge < -0.3 is 20.2 Å². The number of benzene rings is 1. The molecule has 5 rings (SSSR count). The topological polar surface area (TPSA) is 122 Å². The Morgan fingerprint density at radius 1 is 1.26 bits per heavy atom. The molecule has 10 nitrogen and oxygen atoms in total. The maximum absolute atomic E-state index is 16.2. The third kappa shape index (κ3) is 5.73. The van der Waals surface area contributed by atoms with Crippen molar-refractivity contribution >= 4 is 22.8 Å². The number of amides is 2. The molecule has 1 saturated heterocycles. The molecule has 2 amide bonds. The average Bonchev–Trinajstić information content (AvgIpc) is 3.04. The Hall–Kier alpha value is -5.44. The standard InChI is InChI=1S/C35H34F2N6O4/c1-7-26(45)42-14-12-20(15-21(42)17-38-5)27-22-16-24(37)31(28-23(36)9-8-10-25(28)44)41-33(22)43(35(47)29(27)34(46)39-6)32-19(4)11-13-40-30(32)18(2)3/h7-11,13,16,18,20-21,44H,1,12,14-15,17H2,2-4,6H3,(H,39,46)/t20?,21-/m1/s1. The fraction of sp³-hybridized carbons (Fsp3) is 0.314. The molecule has 1 fully saturated rings. The zero-order valence-electron chi connectivity index (χ0n) is 26.5. The Balaban J connectivity index is 1.95. The molecular formula is C35H34F2N6O4. The molecule has 0 saturated carbocycles. The van der Waals surface area contributed by atoms with Crippen molar-refractivity contribution in [3.63, 3.8) is 0 Å². The van der Waals surface area contributed by atoms with Gasteiger partial charge in [-0.2, -0.15) is 0 Å². The minimum Gasteiger partial charge on any atom is -0.507 e. The Morgan fingerprint density at radius 2 is 2.00 bits per heavy atom. The van der Waals surface area contributed by atoms with Crippen molar-refractivity contribution in [1.82, 2.24) is 24.8 Å². The van der Waals surface area contributed by atoms with Crippen LogP contribution in [0.4, 0.5) is 8.78 Å². The van der Waals surface area contributed by atoms with Crippen LogP contribution in [-0.2, 0) is 4.79 Å². The van der Waals surface area contributed by atoms with Crippen molar-refractivity contribution in [2.75, 3.05) is 20.1 Å². The number of carbonyl (C=O) groups is 2. The number of aromatic hydroxyl groups is 1. The fourth-order valence-electron chi connectivity index (χ4n) is 6.49. The van der Waals surface area contributed by atoms with Crippen LogP contribution in [-0.4, -0.2) is 62.5 Å². The van der Waals surface area contributed by atoms with Crippen molar-refractivity contribution in [1.29, 1.82) is 0 Å². The summed E-state index contributed by atoms with van der Waals surface area (Å²) in [6, 6.07) is 5.77. The first-order chi connectivity index (χ1) is 22.4. The van der Waals surface area contributed by atoms with E-state index in [4.69, 9.17) is 6.57 Å². The van der Waals surface area contributed by atoms with Crippen molar-refractivity contribution in [2.45, 2.75) is 51.5 Å². The number of nitrogens with one attached hydrogen (secondary N) is 1. The maximum atomic E-state index is 16.2. The van der Waals surface area contributed by atoms with Gasteiger partial charge in [-0.25, -0.2) is 20.3 Å². The summed E-state index contributed by atoms with van der Waals surface area (Å²) in [5.41, 5.74) is -0.376. The van der Waals surface area contributed by atoms with Gasteiger partial charge in [-0.15, -0.1) is 0 Å². The molecular weight excluding hydrogens is 606 g/mol. The van der Waals surface area contributed by atoms with E-state index in [2.05, 4.69) is 26.7 Å². The van der Waals surface area contributed by atoms with Crippen molar-refractivity contribution in [3.8, 4) is 22.7 Å². The first kappa shape index (κ1) is 32.9. The highest BCUT2D eigenvalue weighted by atomic mass is 19.1. The number of hydrogen-bond acceptors (Lipinski definition) is 6. The molecule has 3 aromatic heterocycles. The minimum atomic E-state index is -0.990. The number of hydrogen-bond donors (Lipinski definition) is 2. The van der Waals surface area contributed by atoms with Crippen LogP contribution in [0.2, 0.25) is 0 Å². The number of phenolic OH excluding ortho intramolecular Hbond substituents is 1. The number of carbonyl (C=O) groups excluding carboxylic acids is 2. The second-order valence-corrected chi connectivity index (χ2v) is 11.8. The van der Waals surface area contributed by atoms with E-state index < -0.39 is 52.1 Å². The van der Waals surface area contributed by atoms with Gasteiger partial charge in [0.25, 0.3) is 11.5 Å². The molecule has 0 aliphatic carbocycles. The van der Waals surface area contributed by atoms with Gasteiger partial charge in [0.05, 0.1) is 16.9 Å². The van der Waals surface area contributed by atoms with Crippen LogP contribution in [0.5, 0.6) is 5.75 Å². The minimum absolute atomic E-state index is 0.0314. The fourth-order valence-corrected chi connectivity index (χ4v) is 6.49. The zero-order chi connectivity index (χ0) is 34.2. The van der Waals surface area contributed by atoms with E-state index in [1.807, 2.05) is 13.8 Å². The number of nitrogens with zero attached hydrogens (tertiary/aromatic N) is 5. The van der Waals surface area contributed by atoms with Gasteiger partial charge in [0.1, 0.15) is 34.5 Å². The third-order valence-corrected chi connectivity index (χ3v) is 8.64. The van der Waals surface area contributed by atoms with E-state index in [-0.39, 0.29) is 59.9 Å². The molecule has 1 unspecified atom stereocenters. The number of rotatable bonds is 7.